The Labute approximate surface area is 93.1 Å². The van der Waals surface area contributed by atoms with E-state index in [1.165, 1.54) is 5.56 Å². The molecule has 0 saturated heterocycles. The fourth-order valence-electron chi connectivity index (χ4n) is 1.40. The summed E-state index contributed by atoms with van der Waals surface area (Å²) in [6, 6.07) is 7.96. The van der Waals surface area contributed by atoms with Gasteiger partial charge >= 0.3 is 0 Å². The van der Waals surface area contributed by atoms with Crippen molar-refractivity contribution in [3.05, 3.63) is 35.0 Å². The second kappa shape index (κ2) is 4.36. The molecule has 0 radical (unpaired) electrons. The fraction of sp³-hybridized carbons (Fsp3) is 0.167. The van der Waals surface area contributed by atoms with Crippen molar-refractivity contribution in [2.45, 2.75) is 0 Å². The zero-order valence-corrected chi connectivity index (χ0v) is 9.51. The minimum absolute atomic E-state index is 0.815. The third kappa shape index (κ3) is 2.13. The Hall–Kier alpha value is -1.48. The highest BCUT2D eigenvalue weighted by Gasteiger charge is 2.03. The van der Waals surface area contributed by atoms with Gasteiger partial charge in [0.2, 0.25) is 0 Å². The Balaban J connectivity index is 2.47. The Bertz CT molecular complexity index is 413. The summed E-state index contributed by atoms with van der Waals surface area (Å²) < 4.78 is 10.4. The molecule has 3 heteroatoms. The van der Waals surface area contributed by atoms with Crippen LogP contribution in [0, 0.1) is 0 Å². The molecule has 0 atom stereocenters. The molecule has 78 valence electrons. The van der Waals surface area contributed by atoms with Gasteiger partial charge in [0, 0.05) is 6.07 Å². The predicted molar refractivity (Wildman–Crippen MR) is 62.9 cm³/mol. The lowest BCUT2D eigenvalue weighted by Crippen LogP contribution is -1.88. The topological polar surface area (TPSA) is 18.5 Å². The maximum Gasteiger partial charge on any atom is 0.123 e. The highest BCUT2D eigenvalue weighted by Crippen LogP contribution is 2.30. The molecule has 0 aliphatic heterocycles. The number of thiophene rings is 1. The summed E-state index contributed by atoms with van der Waals surface area (Å²) in [4.78, 5) is 0. The fourth-order valence-corrected chi connectivity index (χ4v) is 2.07. The largest absolute Gasteiger partial charge is 0.497 e. The zero-order valence-electron chi connectivity index (χ0n) is 8.69. The van der Waals surface area contributed by atoms with Gasteiger partial charge in [-0.15, -0.1) is 0 Å². The second-order valence-electron chi connectivity index (χ2n) is 3.11. The summed E-state index contributed by atoms with van der Waals surface area (Å²) in [5.41, 5.74) is 2.31. The van der Waals surface area contributed by atoms with Crippen molar-refractivity contribution in [3.63, 3.8) is 0 Å². The van der Waals surface area contributed by atoms with Crippen molar-refractivity contribution in [3.8, 4) is 22.6 Å². The Morgan fingerprint density at radius 3 is 2.07 bits per heavy atom. The molecule has 0 unspecified atom stereocenters. The van der Waals surface area contributed by atoms with Crippen LogP contribution in [-0.4, -0.2) is 14.2 Å². The van der Waals surface area contributed by atoms with E-state index in [2.05, 4.69) is 16.8 Å². The van der Waals surface area contributed by atoms with Gasteiger partial charge in [-0.1, -0.05) is 0 Å². The molecule has 1 aromatic heterocycles. The molecule has 0 saturated carbocycles. The van der Waals surface area contributed by atoms with E-state index >= 15 is 0 Å². The van der Waals surface area contributed by atoms with E-state index in [0.717, 1.165) is 17.1 Å². The number of ether oxygens (including phenoxy) is 2. The number of rotatable bonds is 3. The normalized spacial score (nSPS) is 10.0. The summed E-state index contributed by atoms with van der Waals surface area (Å²) in [5, 5.41) is 4.16. The molecule has 0 amide bonds. The summed E-state index contributed by atoms with van der Waals surface area (Å²) in [5.74, 6) is 1.63. The summed E-state index contributed by atoms with van der Waals surface area (Å²) in [7, 11) is 3.32. The molecule has 1 aromatic carbocycles. The zero-order chi connectivity index (χ0) is 10.7. The standard InChI is InChI=1S/C12H12O2S/c1-13-11-5-10(6-12(7-11)14-2)9-3-4-15-8-9/h3-8H,1-2H3. The average molecular weight is 220 g/mol. The first-order chi connectivity index (χ1) is 7.33. The van der Waals surface area contributed by atoms with Gasteiger partial charge in [0.05, 0.1) is 14.2 Å². The molecule has 0 fully saturated rings. The Kier molecular flexibility index (Phi) is 2.92. The smallest absolute Gasteiger partial charge is 0.123 e. The van der Waals surface area contributed by atoms with Gasteiger partial charge in [-0.05, 0) is 40.1 Å². The van der Waals surface area contributed by atoms with Crippen molar-refractivity contribution in [2.24, 2.45) is 0 Å². The van der Waals surface area contributed by atoms with E-state index < -0.39 is 0 Å². The first-order valence-corrected chi connectivity index (χ1v) is 5.53. The van der Waals surface area contributed by atoms with Crippen LogP contribution in [0.5, 0.6) is 11.5 Å². The van der Waals surface area contributed by atoms with Gasteiger partial charge in [0.15, 0.2) is 0 Å². The number of methoxy groups -OCH3 is 2. The quantitative estimate of drug-likeness (QED) is 0.789. The first kappa shape index (κ1) is 10.1. The van der Waals surface area contributed by atoms with E-state index in [0.29, 0.717) is 0 Å². The van der Waals surface area contributed by atoms with E-state index in [1.54, 1.807) is 25.6 Å². The molecule has 2 rings (SSSR count). The first-order valence-electron chi connectivity index (χ1n) is 4.59. The highest BCUT2D eigenvalue weighted by molar-refractivity contribution is 7.08. The van der Waals surface area contributed by atoms with E-state index in [4.69, 9.17) is 9.47 Å². The number of hydrogen-bond donors (Lipinski definition) is 0. The average Bonchev–Trinajstić information content (AvgIpc) is 2.81. The van der Waals surface area contributed by atoms with Crippen LogP contribution in [0.2, 0.25) is 0 Å². The van der Waals surface area contributed by atoms with Gasteiger partial charge < -0.3 is 9.47 Å². The monoisotopic (exact) mass is 220 g/mol. The molecule has 0 N–H and O–H groups in total. The minimum atomic E-state index is 0.815. The van der Waals surface area contributed by atoms with Gasteiger partial charge in [-0.3, -0.25) is 0 Å². The van der Waals surface area contributed by atoms with Crippen molar-refractivity contribution in [1.82, 2.24) is 0 Å². The number of hydrogen-bond acceptors (Lipinski definition) is 3. The van der Waals surface area contributed by atoms with E-state index in [9.17, 15) is 0 Å². The molecular weight excluding hydrogens is 208 g/mol. The number of benzene rings is 1. The van der Waals surface area contributed by atoms with Crippen molar-refractivity contribution >= 4 is 11.3 Å². The van der Waals surface area contributed by atoms with Crippen LogP contribution in [0.15, 0.2) is 35.0 Å². The minimum Gasteiger partial charge on any atom is -0.497 e. The molecule has 15 heavy (non-hydrogen) atoms. The third-order valence-corrected chi connectivity index (χ3v) is 2.89. The van der Waals surface area contributed by atoms with Gasteiger partial charge in [0.25, 0.3) is 0 Å². The molecule has 0 spiro atoms. The molecule has 0 aliphatic carbocycles. The molecule has 1 heterocycles. The highest BCUT2D eigenvalue weighted by atomic mass is 32.1. The molecule has 0 aliphatic rings. The maximum atomic E-state index is 5.22. The third-order valence-electron chi connectivity index (χ3n) is 2.21. The molecule has 0 bridgehead atoms. The second-order valence-corrected chi connectivity index (χ2v) is 3.89. The molecular formula is C12H12O2S. The van der Waals surface area contributed by atoms with Gasteiger partial charge in [-0.25, -0.2) is 0 Å². The van der Waals surface area contributed by atoms with Gasteiger partial charge in [-0.2, -0.15) is 11.3 Å². The Morgan fingerprint density at radius 2 is 1.60 bits per heavy atom. The lowest BCUT2D eigenvalue weighted by molar-refractivity contribution is 0.394. The van der Waals surface area contributed by atoms with E-state index in [1.807, 2.05) is 18.2 Å². The Morgan fingerprint density at radius 1 is 0.933 bits per heavy atom. The van der Waals surface area contributed by atoms with Crippen LogP contribution >= 0.6 is 11.3 Å². The van der Waals surface area contributed by atoms with Crippen LogP contribution in [0.1, 0.15) is 0 Å². The van der Waals surface area contributed by atoms with Crippen molar-refractivity contribution in [1.29, 1.82) is 0 Å². The predicted octanol–water partition coefficient (Wildman–Crippen LogP) is 3.43. The summed E-state index contributed by atoms with van der Waals surface area (Å²) in [6.45, 7) is 0. The van der Waals surface area contributed by atoms with E-state index in [-0.39, 0.29) is 0 Å². The maximum absolute atomic E-state index is 5.22. The SMILES string of the molecule is COc1cc(OC)cc(-c2ccsc2)c1. The summed E-state index contributed by atoms with van der Waals surface area (Å²) in [6.07, 6.45) is 0. The lowest BCUT2D eigenvalue weighted by Gasteiger charge is -2.07. The van der Waals surface area contributed by atoms with Crippen molar-refractivity contribution in [2.75, 3.05) is 14.2 Å². The van der Waals surface area contributed by atoms with Gasteiger partial charge in [0.1, 0.15) is 11.5 Å². The van der Waals surface area contributed by atoms with Crippen LogP contribution < -0.4 is 9.47 Å². The lowest BCUT2D eigenvalue weighted by atomic mass is 10.1. The van der Waals surface area contributed by atoms with Crippen LogP contribution in [0.4, 0.5) is 0 Å². The molecule has 2 aromatic rings. The van der Waals surface area contributed by atoms with Crippen LogP contribution in [-0.2, 0) is 0 Å². The summed E-state index contributed by atoms with van der Waals surface area (Å²) >= 11 is 1.68. The van der Waals surface area contributed by atoms with Crippen LogP contribution in [0.25, 0.3) is 11.1 Å². The molecule has 2 nitrogen and oxygen atoms in total. The van der Waals surface area contributed by atoms with Crippen LogP contribution in [0.3, 0.4) is 0 Å². The van der Waals surface area contributed by atoms with Crippen molar-refractivity contribution < 1.29 is 9.47 Å².